The lowest BCUT2D eigenvalue weighted by atomic mass is 10.1. The van der Waals surface area contributed by atoms with Gasteiger partial charge in [0.2, 0.25) is 5.91 Å². The van der Waals surface area contributed by atoms with E-state index in [0.717, 1.165) is 10.5 Å². The molecule has 0 bridgehead atoms. The lowest BCUT2D eigenvalue weighted by molar-refractivity contribution is -0.114. The zero-order valence-corrected chi connectivity index (χ0v) is 23.7. The molecule has 0 fully saturated rings. The quantitative estimate of drug-likeness (QED) is 0.140. The predicted octanol–water partition coefficient (Wildman–Crippen LogP) is 7.44. The molecule has 4 aromatic rings. The first-order valence-electron chi connectivity index (χ1n) is 12.2. The molecular formula is C31H25Cl2N3O3S. The van der Waals surface area contributed by atoms with Crippen LogP contribution in [0.1, 0.15) is 21.5 Å². The Morgan fingerprint density at radius 2 is 1.52 bits per heavy atom. The van der Waals surface area contributed by atoms with Crippen LogP contribution in [0.15, 0.2) is 108 Å². The van der Waals surface area contributed by atoms with Crippen LogP contribution in [0.2, 0.25) is 10.0 Å². The van der Waals surface area contributed by atoms with Gasteiger partial charge >= 0.3 is 0 Å². The van der Waals surface area contributed by atoms with Gasteiger partial charge in [-0.1, -0.05) is 65.7 Å². The molecule has 0 unspecified atom stereocenters. The number of carbonyl (C=O) groups is 3. The molecule has 3 N–H and O–H groups in total. The zero-order valence-electron chi connectivity index (χ0n) is 21.4. The number of halogens is 2. The Bertz CT molecular complexity index is 1560. The Morgan fingerprint density at radius 1 is 0.800 bits per heavy atom. The predicted molar refractivity (Wildman–Crippen MR) is 164 cm³/mol. The van der Waals surface area contributed by atoms with E-state index in [2.05, 4.69) is 16.0 Å². The summed E-state index contributed by atoms with van der Waals surface area (Å²) in [5, 5.41) is 9.51. The highest BCUT2D eigenvalue weighted by Gasteiger charge is 2.15. The lowest BCUT2D eigenvalue weighted by Crippen LogP contribution is -2.30. The summed E-state index contributed by atoms with van der Waals surface area (Å²) in [4.78, 5) is 39.3. The number of aryl methyl sites for hydroxylation is 1. The molecule has 0 saturated carbocycles. The number of hydrogen-bond acceptors (Lipinski definition) is 4. The molecule has 0 aliphatic carbocycles. The largest absolute Gasteiger partial charge is 0.325 e. The first-order valence-corrected chi connectivity index (χ1v) is 13.9. The number of thioether (sulfide) groups is 1. The highest BCUT2D eigenvalue weighted by Crippen LogP contribution is 2.24. The summed E-state index contributed by atoms with van der Waals surface area (Å²) in [6.07, 6.45) is 1.58. The fourth-order valence-electron chi connectivity index (χ4n) is 3.55. The second-order valence-electron chi connectivity index (χ2n) is 8.71. The summed E-state index contributed by atoms with van der Waals surface area (Å²) in [5.74, 6) is -0.940. The average molecular weight is 591 g/mol. The second-order valence-corrected chi connectivity index (χ2v) is 10.6. The molecule has 9 heteroatoms. The van der Waals surface area contributed by atoms with E-state index >= 15 is 0 Å². The van der Waals surface area contributed by atoms with Crippen LogP contribution in [0.3, 0.4) is 0 Å². The van der Waals surface area contributed by atoms with Crippen molar-refractivity contribution in [2.45, 2.75) is 11.8 Å². The van der Waals surface area contributed by atoms with Crippen molar-refractivity contribution in [3.63, 3.8) is 0 Å². The monoisotopic (exact) mass is 589 g/mol. The van der Waals surface area contributed by atoms with Gasteiger partial charge in [-0.3, -0.25) is 14.4 Å². The Balaban J connectivity index is 1.44. The van der Waals surface area contributed by atoms with Crippen molar-refractivity contribution >= 4 is 70.1 Å². The van der Waals surface area contributed by atoms with Crippen LogP contribution < -0.4 is 16.0 Å². The van der Waals surface area contributed by atoms with Crippen LogP contribution in [-0.2, 0) is 9.59 Å². The van der Waals surface area contributed by atoms with Crippen molar-refractivity contribution in [2.24, 2.45) is 0 Å². The van der Waals surface area contributed by atoms with Crippen molar-refractivity contribution in [1.29, 1.82) is 0 Å². The van der Waals surface area contributed by atoms with E-state index < -0.39 is 11.8 Å². The minimum atomic E-state index is -0.504. The molecule has 0 atom stereocenters. The SMILES string of the molecule is Cc1ccc(NC(=O)CSc2cccc(NC(=O)/C(=C/c3ccc(Cl)cc3)NC(=O)c3ccccc3)c2)cc1Cl. The van der Waals surface area contributed by atoms with Crippen LogP contribution in [-0.4, -0.2) is 23.5 Å². The van der Waals surface area contributed by atoms with Crippen LogP contribution >= 0.6 is 35.0 Å². The van der Waals surface area contributed by atoms with E-state index in [0.29, 0.717) is 32.5 Å². The standard InChI is InChI=1S/C31H25Cl2N3O3S/c1-20-10-15-25(18-27(20)33)34-29(37)19-40-26-9-5-8-24(17-26)35-31(39)28(16-21-11-13-23(32)14-12-21)36-30(38)22-6-3-2-4-7-22/h2-18H,19H2,1H3,(H,34,37)(H,35,39)(H,36,38)/b28-16-. The molecule has 0 radical (unpaired) electrons. The van der Waals surface area contributed by atoms with Crippen molar-refractivity contribution < 1.29 is 14.4 Å². The molecule has 0 aliphatic heterocycles. The number of carbonyl (C=O) groups excluding carboxylic acids is 3. The van der Waals surface area contributed by atoms with E-state index in [1.165, 1.54) is 11.8 Å². The Hall–Kier alpha value is -4.04. The van der Waals surface area contributed by atoms with Crippen molar-refractivity contribution in [2.75, 3.05) is 16.4 Å². The minimum Gasteiger partial charge on any atom is -0.325 e. The van der Waals surface area contributed by atoms with E-state index in [1.54, 1.807) is 91.0 Å². The molecule has 40 heavy (non-hydrogen) atoms. The number of amides is 3. The maximum Gasteiger partial charge on any atom is 0.272 e. The van der Waals surface area contributed by atoms with Crippen LogP contribution in [0.5, 0.6) is 0 Å². The zero-order chi connectivity index (χ0) is 28.5. The second kappa shape index (κ2) is 13.8. The Morgan fingerprint density at radius 3 is 2.25 bits per heavy atom. The average Bonchev–Trinajstić information content (AvgIpc) is 2.95. The van der Waals surface area contributed by atoms with Gasteiger partial charge in [0, 0.05) is 31.9 Å². The highest BCUT2D eigenvalue weighted by molar-refractivity contribution is 8.00. The maximum absolute atomic E-state index is 13.3. The third-order valence-corrected chi connectivity index (χ3v) is 7.28. The topological polar surface area (TPSA) is 87.3 Å². The molecule has 0 saturated heterocycles. The normalized spacial score (nSPS) is 11.0. The van der Waals surface area contributed by atoms with Gasteiger partial charge < -0.3 is 16.0 Å². The smallest absolute Gasteiger partial charge is 0.272 e. The third-order valence-electron chi connectivity index (χ3n) is 5.63. The molecule has 202 valence electrons. The van der Waals surface area contributed by atoms with Crippen molar-refractivity contribution in [3.8, 4) is 0 Å². The summed E-state index contributed by atoms with van der Waals surface area (Å²) in [6.45, 7) is 1.89. The van der Waals surface area contributed by atoms with E-state index in [1.807, 2.05) is 19.1 Å². The fraction of sp³-hybridized carbons (Fsp3) is 0.0645. The van der Waals surface area contributed by atoms with Crippen molar-refractivity contribution in [3.05, 3.63) is 129 Å². The van der Waals surface area contributed by atoms with Gasteiger partial charge in [0.1, 0.15) is 5.70 Å². The molecule has 0 heterocycles. The number of benzene rings is 4. The van der Waals surface area contributed by atoms with Crippen LogP contribution in [0, 0.1) is 6.92 Å². The van der Waals surface area contributed by atoms with Gasteiger partial charge in [0.05, 0.1) is 5.75 Å². The van der Waals surface area contributed by atoms with E-state index in [4.69, 9.17) is 23.2 Å². The number of anilines is 2. The lowest BCUT2D eigenvalue weighted by Gasteiger charge is -2.12. The maximum atomic E-state index is 13.3. The first kappa shape index (κ1) is 29.0. The minimum absolute atomic E-state index is 0.0605. The number of nitrogens with one attached hydrogen (secondary N) is 3. The van der Waals surface area contributed by atoms with E-state index in [-0.39, 0.29) is 17.4 Å². The summed E-state index contributed by atoms with van der Waals surface area (Å²) in [5.41, 5.74) is 3.23. The van der Waals surface area contributed by atoms with Gasteiger partial charge in [-0.15, -0.1) is 11.8 Å². The van der Waals surface area contributed by atoms with Gasteiger partial charge in [0.25, 0.3) is 11.8 Å². The van der Waals surface area contributed by atoms with Crippen LogP contribution in [0.4, 0.5) is 11.4 Å². The highest BCUT2D eigenvalue weighted by atomic mass is 35.5. The molecule has 0 aliphatic rings. The van der Waals surface area contributed by atoms with Crippen molar-refractivity contribution in [1.82, 2.24) is 5.32 Å². The molecule has 4 rings (SSSR count). The van der Waals surface area contributed by atoms with E-state index in [9.17, 15) is 14.4 Å². The van der Waals surface area contributed by atoms with Gasteiger partial charge in [-0.05, 0) is 78.7 Å². The summed E-state index contributed by atoms with van der Waals surface area (Å²) < 4.78 is 0. The molecule has 3 amide bonds. The van der Waals surface area contributed by atoms with Gasteiger partial charge in [-0.25, -0.2) is 0 Å². The molecular weight excluding hydrogens is 565 g/mol. The summed E-state index contributed by atoms with van der Waals surface area (Å²) in [6, 6.07) is 28.0. The Kier molecular flexibility index (Phi) is 10.0. The van der Waals surface area contributed by atoms with Gasteiger partial charge in [-0.2, -0.15) is 0 Å². The third kappa shape index (κ3) is 8.48. The summed E-state index contributed by atoms with van der Waals surface area (Å²) >= 11 is 13.5. The Labute approximate surface area is 246 Å². The fourth-order valence-corrected chi connectivity index (χ4v) is 4.61. The first-order chi connectivity index (χ1) is 19.3. The number of hydrogen-bond donors (Lipinski definition) is 3. The molecule has 6 nitrogen and oxygen atoms in total. The molecule has 0 aromatic heterocycles. The molecule has 4 aromatic carbocycles. The molecule has 0 spiro atoms. The van der Waals surface area contributed by atoms with Crippen LogP contribution in [0.25, 0.3) is 6.08 Å². The van der Waals surface area contributed by atoms with Gasteiger partial charge in [0.15, 0.2) is 0 Å². The number of rotatable bonds is 9. The summed E-state index contributed by atoms with van der Waals surface area (Å²) in [7, 11) is 0.